The van der Waals surface area contributed by atoms with Crippen molar-refractivity contribution in [2.45, 2.75) is 26.3 Å². The number of para-hydroxylation sites is 1. The molecule has 0 bridgehead atoms. The van der Waals surface area contributed by atoms with Crippen molar-refractivity contribution in [1.29, 1.82) is 0 Å². The van der Waals surface area contributed by atoms with Crippen LogP contribution in [0.5, 0.6) is 11.5 Å². The first-order valence-corrected chi connectivity index (χ1v) is 7.27. The minimum Gasteiger partial charge on any atom is -0.454 e. The lowest BCUT2D eigenvalue weighted by Crippen LogP contribution is -2.01. The second-order valence-electron chi connectivity index (χ2n) is 4.85. The van der Waals surface area contributed by atoms with Crippen molar-refractivity contribution in [3.05, 3.63) is 57.8 Å². The lowest BCUT2D eigenvalue weighted by atomic mass is 10.0. The van der Waals surface area contributed by atoms with E-state index in [0.29, 0.717) is 21.7 Å². The summed E-state index contributed by atoms with van der Waals surface area (Å²) < 4.78 is 20.3. The number of benzene rings is 2. The van der Waals surface area contributed by atoms with E-state index in [1.807, 2.05) is 24.3 Å². The molecule has 0 aromatic heterocycles. The van der Waals surface area contributed by atoms with Crippen LogP contribution < -0.4 is 10.5 Å². The fraction of sp³-hybridized carbons (Fsp3) is 0.250. The highest BCUT2D eigenvalue weighted by molar-refractivity contribution is 9.10. The molecule has 0 amide bonds. The summed E-state index contributed by atoms with van der Waals surface area (Å²) >= 11 is 3.22. The SMILES string of the molecule is CC(C)c1ccccc1Oc1ccc(CN)c(Br)c1F. The van der Waals surface area contributed by atoms with Gasteiger partial charge in [0.2, 0.25) is 0 Å². The molecule has 2 nitrogen and oxygen atoms in total. The number of hydrogen-bond donors (Lipinski definition) is 1. The summed E-state index contributed by atoms with van der Waals surface area (Å²) in [6.45, 7) is 4.43. The van der Waals surface area contributed by atoms with Crippen molar-refractivity contribution in [3.63, 3.8) is 0 Å². The molecule has 106 valence electrons. The summed E-state index contributed by atoms with van der Waals surface area (Å²) in [5, 5.41) is 0. The average molecular weight is 338 g/mol. The van der Waals surface area contributed by atoms with Gasteiger partial charge in [-0.05, 0) is 45.1 Å². The minimum atomic E-state index is -0.425. The third-order valence-electron chi connectivity index (χ3n) is 3.11. The molecule has 0 aliphatic carbocycles. The zero-order valence-electron chi connectivity index (χ0n) is 11.5. The molecular weight excluding hydrogens is 321 g/mol. The summed E-state index contributed by atoms with van der Waals surface area (Å²) in [5.41, 5.74) is 7.31. The first kappa shape index (κ1) is 15.0. The Bertz CT molecular complexity index is 613. The molecule has 0 heterocycles. The van der Waals surface area contributed by atoms with Gasteiger partial charge >= 0.3 is 0 Å². The van der Waals surface area contributed by atoms with Crippen LogP contribution in [-0.2, 0) is 6.54 Å². The molecular formula is C16H17BrFNO. The highest BCUT2D eigenvalue weighted by Crippen LogP contribution is 2.34. The monoisotopic (exact) mass is 337 g/mol. The van der Waals surface area contributed by atoms with E-state index >= 15 is 0 Å². The summed E-state index contributed by atoms with van der Waals surface area (Å²) in [4.78, 5) is 0. The van der Waals surface area contributed by atoms with Crippen LogP contribution in [0.1, 0.15) is 30.9 Å². The van der Waals surface area contributed by atoms with Gasteiger partial charge in [-0.2, -0.15) is 0 Å². The van der Waals surface area contributed by atoms with Gasteiger partial charge in [0.15, 0.2) is 11.6 Å². The van der Waals surface area contributed by atoms with Crippen molar-refractivity contribution in [2.75, 3.05) is 0 Å². The Labute approximate surface area is 126 Å². The summed E-state index contributed by atoms with van der Waals surface area (Å²) in [6, 6.07) is 11.0. The molecule has 0 unspecified atom stereocenters. The topological polar surface area (TPSA) is 35.2 Å². The van der Waals surface area contributed by atoms with E-state index in [4.69, 9.17) is 10.5 Å². The molecule has 0 atom stereocenters. The predicted octanol–water partition coefficient (Wildman–Crippen LogP) is 4.96. The lowest BCUT2D eigenvalue weighted by Gasteiger charge is -2.15. The van der Waals surface area contributed by atoms with Crippen molar-refractivity contribution in [1.82, 2.24) is 0 Å². The fourth-order valence-corrected chi connectivity index (χ4v) is 2.47. The molecule has 0 aliphatic rings. The molecule has 2 aromatic carbocycles. The van der Waals surface area contributed by atoms with E-state index in [2.05, 4.69) is 29.8 Å². The van der Waals surface area contributed by atoms with Gasteiger partial charge in [0.1, 0.15) is 5.75 Å². The zero-order chi connectivity index (χ0) is 14.7. The molecule has 0 spiro atoms. The van der Waals surface area contributed by atoms with Gasteiger partial charge in [-0.1, -0.05) is 38.1 Å². The second kappa shape index (κ2) is 6.37. The standard InChI is InChI=1S/C16H17BrFNO/c1-10(2)12-5-3-4-6-13(12)20-14-8-7-11(9-19)15(17)16(14)18/h3-8,10H,9,19H2,1-2H3. The number of rotatable bonds is 4. The Morgan fingerprint density at radius 1 is 1.15 bits per heavy atom. The number of halogens is 2. The van der Waals surface area contributed by atoms with Crippen LogP contribution in [0.2, 0.25) is 0 Å². The van der Waals surface area contributed by atoms with Gasteiger partial charge in [0.25, 0.3) is 0 Å². The van der Waals surface area contributed by atoms with Gasteiger partial charge < -0.3 is 10.5 Å². The number of hydrogen-bond acceptors (Lipinski definition) is 2. The summed E-state index contributed by atoms with van der Waals surface area (Å²) in [7, 11) is 0. The molecule has 20 heavy (non-hydrogen) atoms. The lowest BCUT2D eigenvalue weighted by molar-refractivity contribution is 0.433. The molecule has 4 heteroatoms. The molecule has 0 aliphatic heterocycles. The smallest absolute Gasteiger partial charge is 0.180 e. The van der Waals surface area contributed by atoms with Crippen molar-refractivity contribution in [2.24, 2.45) is 5.73 Å². The van der Waals surface area contributed by atoms with Crippen LogP contribution in [0.25, 0.3) is 0 Å². The highest BCUT2D eigenvalue weighted by Gasteiger charge is 2.14. The zero-order valence-corrected chi connectivity index (χ0v) is 13.1. The molecule has 2 N–H and O–H groups in total. The van der Waals surface area contributed by atoms with E-state index in [1.54, 1.807) is 12.1 Å². The molecule has 2 rings (SSSR count). The van der Waals surface area contributed by atoms with Crippen LogP contribution in [0.3, 0.4) is 0 Å². The predicted molar refractivity (Wildman–Crippen MR) is 82.6 cm³/mol. The first-order valence-electron chi connectivity index (χ1n) is 6.48. The highest BCUT2D eigenvalue weighted by atomic mass is 79.9. The van der Waals surface area contributed by atoms with Crippen LogP contribution in [0.4, 0.5) is 4.39 Å². The second-order valence-corrected chi connectivity index (χ2v) is 5.64. The van der Waals surface area contributed by atoms with Gasteiger partial charge in [-0.3, -0.25) is 0 Å². The number of ether oxygens (including phenoxy) is 1. The Balaban J connectivity index is 2.38. The van der Waals surface area contributed by atoms with E-state index in [9.17, 15) is 4.39 Å². The fourth-order valence-electron chi connectivity index (χ4n) is 1.98. The molecule has 0 saturated heterocycles. The Morgan fingerprint density at radius 3 is 2.50 bits per heavy atom. The summed E-state index contributed by atoms with van der Waals surface area (Å²) in [6.07, 6.45) is 0. The third kappa shape index (κ3) is 3.02. The van der Waals surface area contributed by atoms with Gasteiger partial charge in [-0.25, -0.2) is 4.39 Å². The van der Waals surface area contributed by atoms with E-state index in [1.165, 1.54) is 0 Å². The Hall–Kier alpha value is -1.39. The number of nitrogens with two attached hydrogens (primary N) is 1. The first-order chi connectivity index (χ1) is 9.54. The van der Waals surface area contributed by atoms with E-state index in [-0.39, 0.29) is 12.3 Å². The maximum Gasteiger partial charge on any atom is 0.180 e. The average Bonchev–Trinajstić information content (AvgIpc) is 2.44. The molecule has 2 aromatic rings. The quantitative estimate of drug-likeness (QED) is 0.855. The molecule has 0 radical (unpaired) electrons. The van der Waals surface area contributed by atoms with Crippen LogP contribution in [-0.4, -0.2) is 0 Å². The van der Waals surface area contributed by atoms with Crippen molar-refractivity contribution < 1.29 is 9.13 Å². The van der Waals surface area contributed by atoms with E-state index in [0.717, 1.165) is 5.56 Å². The van der Waals surface area contributed by atoms with Crippen LogP contribution >= 0.6 is 15.9 Å². The minimum absolute atomic E-state index is 0.196. The van der Waals surface area contributed by atoms with Gasteiger partial charge in [0, 0.05) is 6.54 Å². The van der Waals surface area contributed by atoms with E-state index < -0.39 is 5.82 Å². The van der Waals surface area contributed by atoms with Crippen molar-refractivity contribution in [3.8, 4) is 11.5 Å². The Kier molecular flexibility index (Phi) is 4.78. The van der Waals surface area contributed by atoms with Crippen LogP contribution in [0, 0.1) is 5.82 Å². The van der Waals surface area contributed by atoms with Crippen molar-refractivity contribution >= 4 is 15.9 Å². The maximum atomic E-state index is 14.2. The normalized spacial score (nSPS) is 10.9. The molecule has 0 fully saturated rings. The van der Waals surface area contributed by atoms with Gasteiger partial charge in [0.05, 0.1) is 4.47 Å². The largest absolute Gasteiger partial charge is 0.454 e. The van der Waals surface area contributed by atoms with Crippen LogP contribution in [0.15, 0.2) is 40.9 Å². The Morgan fingerprint density at radius 2 is 1.85 bits per heavy atom. The summed E-state index contributed by atoms with van der Waals surface area (Å²) in [5.74, 6) is 0.753. The third-order valence-corrected chi connectivity index (χ3v) is 3.97. The maximum absolute atomic E-state index is 14.2. The van der Waals surface area contributed by atoms with Gasteiger partial charge in [-0.15, -0.1) is 0 Å². The molecule has 0 saturated carbocycles.